The first-order valence-electron chi connectivity index (χ1n) is 12.6. The predicted molar refractivity (Wildman–Crippen MR) is 130 cm³/mol. The number of nitriles is 1. The van der Waals surface area contributed by atoms with Crippen LogP contribution in [-0.4, -0.2) is 69.7 Å². The molecule has 6 rings (SSSR count). The third-order valence-electron chi connectivity index (χ3n) is 8.49. The number of carbonyl (C=O) groups is 1. The summed E-state index contributed by atoms with van der Waals surface area (Å²) in [5.74, 6) is 2.72. The Morgan fingerprint density at radius 1 is 1.14 bits per heavy atom. The lowest BCUT2D eigenvalue weighted by atomic mass is 9.66. The molecule has 1 unspecified atom stereocenters. The summed E-state index contributed by atoms with van der Waals surface area (Å²) in [6, 6.07) is 5.95. The molecule has 1 aliphatic carbocycles. The molecule has 182 valence electrons. The molecule has 3 atom stereocenters. The molecular weight excluding hydrogens is 442 g/mol. The van der Waals surface area contributed by atoms with Crippen LogP contribution in [0.3, 0.4) is 0 Å². The number of nitrogens with zero attached hydrogens (tertiary/aromatic N) is 7. The molecule has 1 saturated carbocycles. The van der Waals surface area contributed by atoms with Crippen LogP contribution in [0.15, 0.2) is 24.7 Å². The van der Waals surface area contributed by atoms with Gasteiger partial charge in [0.2, 0.25) is 0 Å². The van der Waals surface area contributed by atoms with E-state index in [1.165, 1.54) is 12.0 Å². The smallest absolute Gasteiger partial charge is 0.254 e. The van der Waals surface area contributed by atoms with Crippen molar-refractivity contribution in [3.63, 3.8) is 0 Å². The maximum Gasteiger partial charge on any atom is 0.254 e. The Morgan fingerprint density at radius 3 is 2.57 bits per heavy atom. The number of fused-ring (bicyclic) bond motifs is 2. The number of hydrogen-bond acceptors (Lipinski definition) is 8. The summed E-state index contributed by atoms with van der Waals surface area (Å²) in [7, 11) is 0. The van der Waals surface area contributed by atoms with Crippen molar-refractivity contribution in [1.29, 1.82) is 5.26 Å². The lowest BCUT2D eigenvalue weighted by Crippen LogP contribution is -2.64. The number of rotatable bonds is 3. The van der Waals surface area contributed by atoms with Crippen molar-refractivity contribution in [2.75, 3.05) is 36.0 Å². The lowest BCUT2D eigenvalue weighted by molar-refractivity contribution is -0.184. The molecule has 0 bridgehead atoms. The van der Waals surface area contributed by atoms with Crippen molar-refractivity contribution in [1.82, 2.24) is 19.9 Å². The molecule has 2 aromatic heterocycles. The minimum Gasteiger partial charge on any atom is -0.365 e. The SMILES string of the molecule is C[C@@H]1CN(c2ncnc3c2C2(CCC2)CN3c2cc(C#N)ccn2)[C@@H](C)CN1C(=O)C1(C)CCO1. The van der Waals surface area contributed by atoms with Crippen LogP contribution in [0.4, 0.5) is 17.5 Å². The topological polar surface area (TPSA) is 98.5 Å². The summed E-state index contributed by atoms with van der Waals surface area (Å²) in [5, 5.41) is 9.39. The molecule has 3 aliphatic heterocycles. The third-order valence-corrected chi connectivity index (χ3v) is 8.49. The maximum atomic E-state index is 13.2. The van der Waals surface area contributed by atoms with Gasteiger partial charge in [-0.3, -0.25) is 4.79 Å². The number of carbonyl (C=O) groups excluding carboxylic acids is 1. The van der Waals surface area contributed by atoms with E-state index in [0.717, 1.165) is 43.3 Å². The highest BCUT2D eigenvalue weighted by Gasteiger charge is 2.52. The first kappa shape index (κ1) is 22.2. The van der Waals surface area contributed by atoms with Crippen LogP contribution >= 0.6 is 0 Å². The Balaban J connectivity index is 1.35. The van der Waals surface area contributed by atoms with Gasteiger partial charge < -0.3 is 19.4 Å². The molecule has 0 N–H and O–H groups in total. The van der Waals surface area contributed by atoms with Gasteiger partial charge in [0, 0.05) is 55.3 Å². The average Bonchev–Trinajstić information content (AvgIpc) is 3.20. The fourth-order valence-corrected chi connectivity index (χ4v) is 6.14. The Hall–Kier alpha value is -3.25. The monoisotopic (exact) mass is 473 g/mol. The van der Waals surface area contributed by atoms with Gasteiger partial charge in [0.05, 0.1) is 18.2 Å². The van der Waals surface area contributed by atoms with Gasteiger partial charge >= 0.3 is 0 Å². The summed E-state index contributed by atoms with van der Waals surface area (Å²) in [6.07, 6.45) is 7.48. The van der Waals surface area contributed by atoms with Crippen LogP contribution in [0.2, 0.25) is 0 Å². The van der Waals surface area contributed by atoms with Crippen LogP contribution in [0.5, 0.6) is 0 Å². The second-order valence-electron chi connectivity index (χ2n) is 10.8. The van der Waals surface area contributed by atoms with Crippen molar-refractivity contribution in [2.45, 2.75) is 69.6 Å². The third kappa shape index (κ3) is 3.30. The van der Waals surface area contributed by atoms with E-state index in [-0.39, 0.29) is 23.4 Å². The lowest BCUT2D eigenvalue weighted by Gasteiger charge is -2.50. The summed E-state index contributed by atoms with van der Waals surface area (Å²) in [6.45, 7) is 9.00. The van der Waals surface area contributed by atoms with Gasteiger partial charge in [-0.1, -0.05) is 6.42 Å². The molecule has 0 radical (unpaired) electrons. The van der Waals surface area contributed by atoms with Gasteiger partial charge in [0.25, 0.3) is 5.91 Å². The van der Waals surface area contributed by atoms with E-state index in [9.17, 15) is 10.1 Å². The van der Waals surface area contributed by atoms with Crippen LogP contribution < -0.4 is 9.80 Å². The molecule has 35 heavy (non-hydrogen) atoms. The molecule has 9 heteroatoms. The molecule has 1 spiro atoms. The minimum atomic E-state index is -0.673. The summed E-state index contributed by atoms with van der Waals surface area (Å²) in [5.41, 5.74) is 1.11. The number of ether oxygens (including phenoxy) is 1. The zero-order valence-electron chi connectivity index (χ0n) is 20.6. The van der Waals surface area contributed by atoms with Crippen molar-refractivity contribution >= 4 is 23.4 Å². The predicted octanol–water partition coefficient (Wildman–Crippen LogP) is 2.92. The van der Waals surface area contributed by atoms with E-state index in [4.69, 9.17) is 14.7 Å². The highest BCUT2D eigenvalue weighted by molar-refractivity contribution is 5.86. The zero-order chi connectivity index (χ0) is 24.4. The molecular formula is C26H31N7O2. The number of piperazine rings is 1. The zero-order valence-corrected chi connectivity index (χ0v) is 20.6. The van der Waals surface area contributed by atoms with Crippen LogP contribution in [-0.2, 0) is 14.9 Å². The second-order valence-corrected chi connectivity index (χ2v) is 10.8. The molecule has 4 aliphatic rings. The Kier molecular flexibility index (Phi) is 5.01. The summed E-state index contributed by atoms with van der Waals surface area (Å²) in [4.78, 5) is 33.9. The van der Waals surface area contributed by atoms with E-state index < -0.39 is 5.60 Å². The normalized spacial score (nSPS) is 28.8. The largest absolute Gasteiger partial charge is 0.365 e. The second kappa shape index (κ2) is 7.89. The average molecular weight is 474 g/mol. The van der Waals surface area contributed by atoms with Crippen molar-refractivity contribution < 1.29 is 9.53 Å². The van der Waals surface area contributed by atoms with Gasteiger partial charge in [-0.25, -0.2) is 15.0 Å². The van der Waals surface area contributed by atoms with E-state index in [1.54, 1.807) is 18.6 Å². The quantitative estimate of drug-likeness (QED) is 0.671. The van der Waals surface area contributed by atoms with Gasteiger partial charge in [0.15, 0.2) is 0 Å². The van der Waals surface area contributed by atoms with E-state index in [1.807, 2.05) is 17.9 Å². The van der Waals surface area contributed by atoms with Gasteiger partial charge in [-0.15, -0.1) is 0 Å². The first-order valence-corrected chi connectivity index (χ1v) is 12.6. The highest BCUT2D eigenvalue weighted by Crippen LogP contribution is 2.56. The van der Waals surface area contributed by atoms with Gasteiger partial charge in [-0.2, -0.15) is 5.26 Å². The number of aromatic nitrogens is 3. The first-order chi connectivity index (χ1) is 16.8. The highest BCUT2D eigenvalue weighted by atomic mass is 16.5. The fourth-order valence-electron chi connectivity index (χ4n) is 6.14. The number of hydrogen-bond donors (Lipinski definition) is 0. The van der Waals surface area contributed by atoms with Crippen molar-refractivity contribution in [3.05, 3.63) is 35.8 Å². The van der Waals surface area contributed by atoms with Gasteiger partial charge in [-0.05, 0) is 45.7 Å². The van der Waals surface area contributed by atoms with Crippen LogP contribution in [0.1, 0.15) is 57.6 Å². The number of anilines is 3. The van der Waals surface area contributed by atoms with E-state index in [2.05, 4.69) is 34.7 Å². The molecule has 0 aromatic carbocycles. The molecule has 1 amide bonds. The summed E-state index contributed by atoms with van der Waals surface area (Å²) < 4.78 is 5.65. The molecule has 9 nitrogen and oxygen atoms in total. The van der Waals surface area contributed by atoms with Crippen molar-refractivity contribution in [3.8, 4) is 6.07 Å². The van der Waals surface area contributed by atoms with Crippen LogP contribution in [0, 0.1) is 11.3 Å². The number of pyridine rings is 1. The van der Waals surface area contributed by atoms with E-state index in [0.29, 0.717) is 25.3 Å². The Bertz CT molecular complexity index is 1220. The molecule has 2 saturated heterocycles. The standard InChI is InChI=1S/C26H31N7O2/c1-17-14-32(24(34)25(3)8-10-35-25)18(2)13-31(17)22-21-23(30-16-29-22)33(15-26(21)6-4-7-26)20-11-19(12-27)5-9-28-20/h5,9,11,16-18H,4,6-8,10,13-15H2,1-3H3/t17-,18+,25?/m0/s1. The van der Waals surface area contributed by atoms with Crippen molar-refractivity contribution in [2.24, 2.45) is 0 Å². The van der Waals surface area contributed by atoms with Gasteiger partial charge in [0.1, 0.15) is 29.4 Å². The fraction of sp³-hybridized carbons (Fsp3) is 0.577. The maximum absolute atomic E-state index is 13.2. The van der Waals surface area contributed by atoms with E-state index >= 15 is 0 Å². The molecule has 2 aromatic rings. The molecule has 5 heterocycles. The number of amides is 1. The van der Waals surface area contributed by atoms with Crippen LogP contribution in [0.25, 0.3) is 0 Å². The Morgan fingerprint density at radius 2 is 1.91 bits per heavy atom. The molecule has 3 fully saturated rings. The summed E-state index contributed by atoms with van der Waals surface area (Å²) >= 11 is 0. The Labute approximate surface area is 205 Å². The minimum absolute atomic E-state index is 0.000582.